The van der Waals surface area contributed by atoms with Crippen LogP contribution in [-0.4, -0.2) is 24.1 Å². The van der Waals surface area contributed by atoms with Crippen LogP contribution < -0.4 is 10.5 Å². The van der Waals surface area contributed by atoms with Crippen molar-refractivity contribution in [3.8, 4) is 5.75 Å². The number of ether oxygens (including phenoxy) is 1. The number of halogens is 1. The number of rotatable bonds is 3. The van der Waals surface area contributed by atoms with Gasteiger partial charge in [0.25, 0.3) is 0 Å². The van der Waals surface area contributed by atoms with Crippen LogP contribution >= 0.6 is 27.3 Å². The minimum absolute atomic E-state index is 0.0702. The molecule has 0 saturated heterocycles. The van der Waals surface area contributed by atoms with Crippen LogP contribution in [0.3, 0.4) is 0 Å². The minimum Gasteiger partial charge on any atom is -0.492 e. The number of hydrogen-bond acceptors (Lipinski definition) is 4. The van der Waals surface area contributed by atoms with Gasteiger partial charge in [-0.2, -0.15) is 0 Å². The van der Waals surface area contributed by atoms with E-state index in [1.807, 2.05) is 12.1 Å². The van der Waals surface area contributed by atoms with Crippen LogP contribution in [-0.2, 0) is 6.54 Å². The average molecular weight is 367 g/mol. The van der Waals surface area contributed by atoms with E-state index in [1.54, 1.807) is 11.3 Å². The fourth-order valence-corrected chi connectivity index (χ4v) is 4.53. The number of nitrogens with two attached hydrogens (primary N) is 1. The summed E-state index contributed by atoms with van der Waals surface area (Å²) in [7, 11) is 0. The van der Waals surface area contributed by atoms with Gasteiger partial charge in [-0.1, -0.05) is 18.2 Å². The Kier molecular flexibility index (Phi) is 4.64. The predicted octanol–water partition coefficient (Wildman–Crippen LogP) is 3.79. The van der Waals surface area contributed by atoms with Gasteiger partial charge in [0.1, 0.15) is 12.4 Å². The van der Waals surface area contributed by atoms with Crippen LogP contribution in [0.25, 0.3) is 0 Å². The Morgan fingerprint density at radius 1 is 1.38 bits per heavy atom. The van der Waals surface area contributed by atoms with Crippen molar-refractivity contribution < 1.29 is 4.74 Å². The molecular weight excluding hydrogens is 348 g/mol. The van der Waals surface area contributed by atoms with Crippen molar-refractivity contribution in [1.82, 2.24) is 4.90 Å². The molecule has 0 radical (unpaired) electrons. The summed E-state index contributed by atoms with van der Waals surface area (Å²) in [5.74, 6) is 0.996. The van der Waals surface area contributed by atoms with Crippen molar-refractivity contribution >= 4 is 27.3 Å². The van der Waals surface area contributed by atoms with Gasteiger partial charge in [0.05, 0.1) is 6.04 Å². The highest BCUT2D eigenvalue weighted by Gasteiger charge is 2.27. The summed E-state index contributed by atoms with van der Waals surface area (Å²) in [6, 6.07) is 10.7. The minimum atomic E-state index is 0.0702. The molecule has 0 amide bonds. The molecule has 0 saturated carbocycles. The van der Waals surface area contributed by atoms with Crippen molar-refractivity contribution in [2.24, 2.45) is 5.73 Å². The second-order valence-corrected chi connectivity index (χ2v) is 7.26. The maximum atomic E-state index is 6.29. The summed E-state index contributed by atoms with van der Waals surface area (Å²) >= 11 is 5.30. The lowest BCUT2D eigenvalue weighted by Gasteiger charge is -2.32. The Hall–Kier alpha value is -0.880. The Bertz CT molecular complexity index is 614. The summed E-state index contributed by atoms with van der Waals surface area (Å²) in [4.78, 5) is 3.73. The molecule has 2 N–H and O–H groups in total. The van der Waals surface area contributed by atoms with E-state index in [9.17, 15) is 0 Å². The number of fused-ring (bicyclic) bond motifs is 1. The Morgan fingerprint density at radius 3 is 2.90 bits per heavy atom. The Balaban J connectivity index is 1.90. The number of hydrogen-bond donors (Lipinski definition) is 1. The summed E-state index contributed by atoms with van der Waals surface area (Å²) in [5, 5.41) is 2.12. The molecule has 1 aromatic carbocycles. The van der Waals surface area contributed by atoms with Gasteiger partial charge in [0.15, 0.2) is 0 Å². The Morgan fingerprint density at radius 2 is 2.19 bits per heavy atom. The lowest BCUT2D eigenvalue weighted by Crippen LogP contribution is -2.39. The third kappa shape index (κ3) is 3.31. The molecule has 2 aromatic rings. The first-order valence-corrected chi connectivity index (χ1v) is 8.76. The van der Waals surface area contributed by atoms with Crippen molar-refractivity contribution in [3.05, 3.63) is 50.6 Å². The SMILES string of the molecule is CC(N)C(c1cc(Br)cs1)N1CCOc2ccccc2C1. The molecule has 2 heterocycles. The van der Waals surface area contributed by atoms with Gasteiger partial charge in [-0.15, -0.1) is 11.3 Å². The standard InChI is InChI=1S/C16H19BrN2OS/c1-11(18)16(15-8-13(17)10-21-15)19-6-7-20-14-5-3-2-4-12(14)9-19/h2-5,8,10-11,16H,6-7,9,18H2,1H3. The van der Waals surface area contributed by atoms with E-state index < -0.39 is 0 Å². The summed E-state index contributed by atoms with van der Waals surface area (Å²) in [5.41, 5.74) is 7.52. The largest absolute Gasteiger partial charge is 0.492 e. The zero-order valence-electron chi connectivity index (χ0n) is 12.0. The van der Waals surface area contributed by atoms with Gasteiger partial charge in [-0.3, -0.25) is 4.90 Å². The highest BCUT2D eigenvalue weighted by Crippen LogP contribution is 2.34. The third-order valence-electron chi connectivity index (χ3n) is 3.75. The molecule has 1 aromatic heterocycles. The van der Waals surface area contributed by atoms with E-state index in [0.29, 0.717) is 6.61 Å². The molecule has 3 nitrogen and oxygen atoms in total. The predicted molar refractivity (Wildman–Crippen MR) is 90.8 cm³/mol. The molecule has 0 fully saturated rings. The average Bonchev–Trinajstić information content (AvgIpc) is 2.75. The van der Waals surface area contributed by atoms with Gasteiger partial charge >= 0.3 is 0 Å². The Labute approximate surface area is 137 Å². The molecular formula is C16H19BrN2OS. The normalized spacial score (nSPS) is 18.4. The highest BCUT2D eigenvalue weighted by atomic mass is 79.9. The molecule has 2 atom stereocenters. The topological polar surface area (TPSA) is 38.5 Å². The van der Waals surface area contributed by atoms with Crippen molar-refractivity contribution in [2.75, 3.05) is 13.2 Å². The summed E-state index contributed by atoms with van der Waals surface area (Å²) in [6.45, 7) is 4.54. The number of benzene rings is 1. The van der Waals surface area contributed by atoms with E-state index >= 15 is 0 Å². The second-order valence-electron chi connectivity index (χ2n) is 5.40. The second kappa shape index (κ2) is 6.48. The smallest absolute Gasteiger partial charge is 0.123 e. The van der Waals surface area contributed by atoms with Gasteiger partial charge in [-0.25, -0.2) is 0 Å². The maximum absolute atomic E-state index is 6.29. The summed E-state index contributed by atoms with van der Waals surface area (Å²) < 4.78 is 6.99. The number of para-hydroxylation sites is 1. The van der Waals surface area contributed by atoms with Crippen LogP contribution in [0.5, 0.6) is 5.75 Å². The number of nitrogens with zero attached hydrogens (tertiary/aromatic N) is 1. The molecule has 1 aliphatic rings. The fourth-order valence-electron chi connectivity index (χ4n) is 2.84. The first-order valence-electron chi connectivity index (χ1n) is 7.09. The zero-order chi connectivity index (χ0) is 14.8. The van der Waals surface area contributed by atoms with Crippen LogP contribution in [0.1, 0.15) is 23.4 Å². The van der Waals surface area contributed by atoms with Crippen molar-refractivity contribution in [1.29, 1.82) is 0 Å². The van der Waals surface area contributed by atoms with Crippen LogP contribution in [0.2, 0.25) is 0 Å². The molecule has 0 bridgehead atoms. The first kappa shape index (κ1) is 15.0. The van der Waals surface area contributed by atoms with Gasteiger partial charge in [0, 0.05) is 39.4 Å². The molecule has 3 rings (SSSR count). The molecule has 112 valence electrons. The van der Waals surface area contributed by atoms with Gasteiger partial charge in [-0.05, 0) is 35.0 Å². The lowest BCUT2D eigenvalue weighted by molar-refractivity contribution is 0.155. The number of thiophene rings is 1. The fraction of sp³-hybridized carbons (Fsp3) is 0.375. The van der Waals surface area contributed by atoms with Crippen LogP contribution in [0.15, 0.2) is 40.2 Å². The van der Waals surface area contributed by atoms with Crippen molar-refractivity contribution in [3.63, 3.8) is 0 Å². The zero-order valence-corrected chi connectivity index (χ0v) is 14.4. The quantitative estimate of drug-likeness (QED) is 0.897. The first-order chi connectivity index (χ1) is 10.1. The third-order valence-corrected chi connectivity index (χ3v) is 5.52. The van der Waals surface area contributed by atoms with Gasteiger partial charge in [0.2, 0.25) is 0 Å². The van der Waals surface area contributed by atoms with Gasteiger partial charge < -0.3 is 10.5 Å². The van der Waals surface area contributed by atoms with E-state index in [0.717, 1.165) is 23.3 Å². The lowest BCUT2D eigenvalue weighted by atomic mass is 10.1. The van der Waals surface area contributed by atoms with Crippen LogP contribution in [0, 0.1) is 0 Å². The molecule has 1 aliphatic heterocycles. The van der Waals surface area contributed by atoms with E-state index in [4.69, 9.17) is 10.5 Å². The van der Waals surface area contributed by atoms with E-state index in [1.165, 1.54) is 10.4 Å². The highest BCUT2D eigenvalue weighted by molar-refractivity contribution is 9.10. The van der Waals surface area contributed by atoms with E-state index in [2.05, 4.69) is 51.3 Å². The molecule has 0 aliphatic carbocycles. The van der Waals surface area contributed by atoms with Crippen molar-refractivity contribution in [2.45, 2.75) is 25.6 Å². The molecule has 2 unspecified atom stereocenters. The molecule has 5 heteroatoms. The van der Waals surface area contributed by atoms with E-state index in [-0.39, 0.29) is 12.1 Å². The maximum Gasteiger partial charge on any atom is 0.123 e. The molecule has 0 spiro atoms. The van der Waals surface area contributed by atoms with Crippen LogP contribution in [0.4, 0.5) is 0 Å². The molecule has 21 heavy (non-hydrogen) atoms. The summed E-state index contributed by atoms with van der Waals surface area (Å²) in [6.07, 6.45) is 0. The monoisotopic (exact) mass is 366 g/mol.